The second-order valence-electron chi connectivity index (χ2n) is 3.79. The summed E-state index contributed by atoms with van der Waals surface area (Å²) >= 11 is 0. The molecular weight excluding hydrogens is 248 g/mol. The van der Waals surface area contributed by atoms with Gasteiger partial charge < -0.3 is 0 Å². The number of rotatable bonds is 5. The summed E-state index contributed by atoms with van der Waals surface area (Å²) in [6, 6.07) is 2.49. The lowest BCUT2D eigenvalue weighted by Crippen LogP contribution is -2.29. The molecule has 0 amide bonds. The van der Waals surface area contributed by atoms with Crippen LogP contribution >= 0.6 is 0 Å². The van der Waals surface area contributed by atoms with E-state index >= 15 is 0 Å². The highest BCUT2D eigenvalue weighted by atomic mass is 19.4. The first-order valence-electron chi connectivity index (χ1n) is 5.34. The Morgan fingerprint density at radius 1 is 1.39 bits per heavy atom. The van der Waals surface area contributed by atoms with Crippen LogP contribution in [-0.4, -0.2) is 0 Å². The molecule has 0 radical (unpaired) electrons. The number of nitrogens with one attached hydrogen (secondary N) is 1. The number of hydrogen-bond donors (Lipinski definition) is 2. The van der Waals surface area contributed by atoms with Crippen molar-refractivity contribution in [3.05, 3.63) is 47.8 Å². The van der Waals surface area contributed by atoms with E-state index in [1.165, 1.54) is 12.1 Å². The molecule has 0 bridgehead atoms. The topological polar surface area (TPSA) is 38.0 Å². The smallest absolute Gasteiger partial charge is 0.271 e. The lowest BCUT2D eigenvalue weighted by molar-refractivity contribution is -0.140. The highest BCUT2D eigenvalue weighted by Gasteiger charge is 2.35. The molecule has 1 atom stereocenters. The molecule has 0 aromatic heterocycles. The molecule has 0 heterocycles. The molecule has 1 aromatic rings. The fourth-order valence-corrected chi connectivity index (χ4v) is 1.65. The molecule has 0 spiro atoms. The first-order valence-corrected chi connectivity index (χ1v) is 5.34. The fourth-order valence-electron chi connectivity index (χ4n) is 1.65. The Hall–Kier alpha value is -1.40. The Morgan fingerprint density at radius 2 is 2.06 bits per heavy atom. The molecule has 0 aliphatic rings. The van der Waals surface area contributed by atoms with Gasteiger partial charge in [0, 0.05) is 11.6 Å². The summed E-state index contributed by atoms with van der Waals surface area (Å²) in [5.41, 5.74) is 0.950. The third kappa shape index (κ3) is 3.30. The SMILES string of the molecule is C=CCCC(NN)c1cccc(C(F)(F)F)c1F. The van der Waals surface area contributed by atoms with Crippen molar-refractivity contribution in [1.29, 1.82) is 0 Å². The number of hydrazine groups is 1. The minimum absolute atomic E-state index is 0.0887. The first kappa shape index (κ1) is 14.7. The Labute approximate surface area is 102 Å². The molecule has 2 nitrogen and oxygen atoms in total. The van der Waals surface area contributed by atoms with E-state index in [1.807, 2.05) is 0 Å². The maximum Gasteiger partial charge on any atom is 0.419 e. The molecule has 0 aliphatic heterocycles. The van der Waals surface area contributed by atoms with Crippen LogP contribution in [0.3, 0.4) is 0 Å². The quantitative estimate of drug-likeness (QED) is 0.370. The van der Waals surface area contributed by atoms with Crippen LogP contribution < -0.4 is 11.3 Å². The van der Waals surface area contributed by atoms with Gasteiger partial charge in [0.05, 0.1) is 5.56 Å². The van der Waals surface area contributed by atoms with E-state index in [1.54, 1.807) is 6.08 Å². The molecule has 1 rings (SSSR count). The van der Waals surface area contributed by atoms with Gasteiger partial charge >= 0.3 is 6.18 Å². The van der Waals surface area contributed by atoms with Gasteiger partial charge in [-0.05, 0) is 18.9 Å². The van der Waals surface area contributed by atoms with Gasteiger partial charge in [0.2, 0.25) is 0 Å². The van der Waals surface area contributed by atoms with E-state index in [0.717, 1.165) is 0 Å². The zero-order chi connectivity index (χ0) is 13.8. The zero-order valence-electron chi connectivity index (χ0n) is 9.60. The van der Waals surface area contributed by atoms with Gasteiger partial charge in [-0.2, -0.15) is 13.2 Å². The van der Waals surface area contributed by atoms with Crippen molar-refractivity contribution in [2.75, 3.05) is 0 Å². The largest absolute Gasteiger partial charge is 0.419 e. The van der Waals surface area contributed by atoms with Crippen LogP contribution in [0.2, 0.25) is 0 Å². The highest BCUT2D eigenvalue weighted by molar-refractivity contribution is 5.30. The summed E-state index contributed by atoms with van der Waals surface area (Å²) in [6.45, 7) is 3.50. The maximum absolute atomic E-state index is 13.8. The lowest BCUT2D eigenvalue weighted by atomic mass is 9.99. The minimum Gasteiger partial charge on any atom is -0.271 e. The van der Waals surface area contributed by atoms with Crippen molar-refractivity contribution >= 4 is 0 Å². The first-order chi connectivity index (χ1) is 8.41. The van der Waals surface area contributed by atoms with E-state index in [0.29, 0.717) is 18.9 Å². The molecule has 6 heteroatoms. The summed E-state index contributed by atoms with van der Waals surface area (Å²) in [4.78, 5) is 0. The molecule has 0 fully saturated rings. The third-order valence-electron chi connectivity index (χ3n) is 2.57. The number of nitrogens with two attached hydrogens (primary N) is 1. The van der Waals surface area contributed by atoms with Crippen molar-refractivity contribution in [2.24, 2.45) is 5.84 Å². The number of hydrogen-bond acceptors (Lipinski definition) is 2. The summed E-state index contributed by atoms with van der Waals surface area (Å²) in [5.74, 6) is 3.96. The van der Waals surface area contributed by atoms with Gasteiger partial charge in [-0.1, -0.05) is 18.2 Å². The number of allylic oxidation sites excluding steroid dienone is 1. The number of alkyl halides is 3. The predicted octanol–water partition coefficient (Wildman–Crippen LogP) is 3.32. The van der Waals surface area contributed by atoms with Gasteiger partial charge in [-0.3, -0.25) is 11.3 Å². The van der Waals surface area contributed by atoms with Crippen molar-refractivity contribution < 1.29 is 17.6 Å². The van der Waals surface area contributed by atoms with Crippen LogP contribution in [0, 0.1) is 5.82 Å². The molecule has 1 unspecified atom stereocenters. The summed E-state index contributed by atoms with van der Waals surface area (Å²) in [6.07, 6.45) is -2.23. The van der Waals surface area contributed by atoms with Crippen molar-refractivity contribution in [3.8, 4) is 0 Å². The maximum atomic E-state index is 13.8. The predicted molar refractivity (Wildman–Crippen MR) is 60.9 cm³/mol. The normalized spacial score (nSPS) is 13.4. The van der Waals surface area contributed by atoms with E-state index in [-0.39, 0.29) is 5.56 Å². The molecule has 0 saturated carbocycles. The van der Waals surface area contributed by atoms with E-state index < -0.39 is 23.6 Å². The van der Waals surface area contributed by atoms with E-state index in [9.17, 15) is 17.6 Å². The highest BCUT2D eigenvalue weighted by Crippen LogP contribution is 2.34. The van der Waals surface area contributed by atoms with Crippen molar-refractivity contribution in [2.45, 2.75) is 25.1 Å². The Morgan fingerprint density at radius 3 is 2.56 bits per heavy atom. The average molecular weight is 262 g/mol. The van der Waals surface area contributed by atoms with Crippen LogP contribution in [0.4, 0.5) is 17.6 Å². The van der Waals surface area contributed by atoms with Gasteiger partial charge in [-0.25, -0.2) is 4.39 Å². The fraction of sp³-hybridized carbons (Fsp3) is 0.333. The molecule has 0 aliphatic carbocycles. The summed E-state index contributed by atoms with van der Waals surface area (Å²) < 4.78 is 51.4. The van der Waals surface area contributed by atoms with Gasteiger partial charge in [0.15, 0.2) is 0 Å². The minimum atomic E-state index is -4.71. The lowest BCUT2D eigenvalue weighted by Gasteiger charge is -2.18. The van der Waals surface area contributed by atoms with Crippen LogP contribution in [-0.2, 0) is 6.18 Å². The summed E-state index contributed by atoms with van der Waals surface area (Å²) in [7, 11) is 0. The third-order valence-corrected chi connectivity index (χ3v) is 2.57. The average Bonchev–Trinajstić information content (AvgIpc) is 2.30. The van der Waals surface area contributed by atoms with Crippen LogP contribution in [0.1, 0.15) is 30.0 Å². The van der Waals surface area contributed by atoms with E-state index in [2.05, 4.69) is 12.0 Å². The molecule has 3 N–H and O–H groups in total. The Balaban J connectivity index is 3.12. The second kappa shape index (κ2) is 5.97. The monoisotopic (exact) mass is 262 g/mol. The van der Waals surface area contributed by atoms with Crippen molar-refractivity contribution in [3.63, 3.8) is 0 Å². The van der Waals surface area contributed by atoms with Crippen molar-refractivity contribution in [1.82, 2.24) is 5.43 Å². The molecular formula is C12H14F4N2. The Kier molecular flexibility index (Phi) is 4.86. The molecule has 18 heavy (non-hydrogen) atoms. The molecule has 100 valence electrons. The number of halogens is 4. The van der Waals surface area contributed by atoms with E-state index in [4.69, 9.17) is 5.84 Å². The van der Waals surface area contributed by atoms with Gasteiger partial charge in [0.1, 0.15) is 5.82 Å². The van der Waals surface area contributed by atoms with Gasteiger partial charge in [-0.15, -0.1) is 6.58 Å². The van der Waals surface area contributed by atoms with Crippen LogP contribution in [0.25, 0.3) is 0 Å². The molecule has 1 aromatic carbocycles. The zero-order valence-corrected chi connectivity index (χ0v) is 9.60. The standard InChI is InChI=1S/C12H14F4N2/c1-2-3-7-10(18-17)8-5-4-6-9(11(8)13)12(14,15)16/h2,4-6,10,18H,1,3,7,17H2. The summed E-state index contributed by atoms with van der Waals surface area (Å²) in [5, 5.41) is 0. The van der Waals surface area contributed by atoms with Crippen LogP contribution in [0.5, 0.6) is 0 Å². The van der Waals surface area contributed by atoms with Crippen LogP contribution in [0.15, 0.2) is 30.9 Å². The van der Waals surface area contributed by atoms with Gasteiger partial charge in [0.25, 0.3) is 0 Å². The molecule has 0 saturated heterocycles. The number of benzene rings is 1. The Bertz CT molecular complexity index is 415. The second-order valence-corrected chi connectivity index (χ2v) is 3.79.